The number of rotatable bonds is 6. The lowest BCUT2D eigenvalue weighted by molar-refractivity contribution is -0.127. The van der Waals surface area contributed by atoms with E-state index >= 15 is 0 Å². The number of hydrogen-bond acceptors (Lipinski definition) is 7. The van der Waals surface area contributed by atoms with Gasteiger partial charge in [0.2, 0.25) is 5.16 Å². The Morgan fingerprint density at radius 3 is 2.59 bits per heavy atom. The lowest BCUT2D eigenvalue weighted by atomic mass is 10.1. The molecule has 1 amide bonds. The van der Waals surface area contributed by atoms with Crippen LogP contribution in [0.15, 0.2) is 64.9 Å². The average molecular weight is 408 g/mol. The van der Waals surface area contributed by atoms with Gasteiger partial charge < -0.3 is 10.6 Å². The molecule has 1 aliphatic heterocycles. The van der Waals surface area contributed by atoms with Gasteiger partial charge in [-0.2, -0.15) is 5.10 Å². The SMILES string of the molecule is COc1ccc(-c2nnc(SCC(=O)N3CCC(c4ccccc4)=N3)n2N)cc1. The lowest BCUT2D eigenvalue weighted by Gasteiger charge is -2.10. The molecule has 0 radical (unpaired) electrons. The average Bonchev–Trinajstić information content (AvgIpc) is 3.40. The second kappa shape index (κ2) is 8.36. The first-order chi connectivity index (χ1) is 14.2. The molecule has 0 spiro atoms. The number of nitrogen functional groups attached to an aromatic ring is 1. The van der Waals surface area contributed by atoms with Gasteiger partial charge in [-0.05, 0) is 29.8 Å². The van der Waals surface area contributed by atoms with Crippen LogP contribution in [0.3, 0.4) is 0 Å². The predicted molar refractivity (Wildman–Crippen MR) is 112 cm³/mol. The molecule has 9 heteroatoms. The highest BCUT2D eigenvalue weighted by Gasteiger charge is 2.22. The maximum absolute atomic E-state index is 12.5. The molecule has 0 saturated carbocycles. The van der Waals surface area contributed by atoms with E-state index in [1.807, 2.05) is 54.6 Å². The van der Waals surface area contributed by atoms with Crippen LogP contribution in [0.5, 0.6) is 5.75 Å². The number of aromatic nitrogens is 3. The van der Waals surface area contributed by atoms with Crippen molar-refractivity contribution in [1.82, 2.24) is 19.9 Å². The van der Waals surface area contributed by atoms with Gasteiger partial charge in [0.1, 0.15) is 5.75 Å². The molecule has 0 aliphatic carbocycles. The largest absolute Gasteiger partial charge is 0.497 e. The molecular formula is C20H20N6O2S. The van der Waals surface area contributed by atoms with E-state index in [0.29, 0.717) is 17.5 Å². The quantitative estimate of drug-likeness (QED) is 0.497. The van der Waals surface area contributed by atoms with Crippen LogP contribution in [-0.2, 0) is 4.79 Å². The fraction of sp³-hybridized carbons (Fsp3) is 0.200. The summed E-state index contributed by atoms with van der Waals surface area (Å²) in [5.74, 6) is 7.50. The van der Waals surface area contributed by atoms with Crippen LogP contribution in [0.1, 0.15) is 12.0 Å². The number of amides is 1. The van der Waals surface area contributed by atoms with E-state index in [2.05, 4.69) is 15.3 Å². The number of hydrazone groups is 1. The van der Waals surface area contributed by atoms with Crippen molar-refractivity contribution in [2.45, 2.75) is 11.6 Å². The van der Waals surface area contributed by atoms with Crippen molar-refractivity contribution in [3.8, 4) is 17.1 Å². The van der Waals surface area contributed by atoms with Crippen LogP contribution in [-0.4, -0.2) is 50.9 Å². The Morgan fingerprint density at radius 2 is 1.86 bits per heavy atom. The zero-order chi connectivity index (χ0) is 20.2. The van der Waals surface area contributed by atoms with Crippen molar-refractivity contribution in [2.75, 3.05) is 25.3 Å². The number of carbonyl (C=O) groups is 1. The molecule has 0 atom stereocenters. The van der Waals surface area contributed by atoms with Gasteiger partial charge in [-0.3, -0.25) is 4.79 Å². The van der Waals surface area contributed by atoms with E-state index < -0.39 is 0 Å². The number of methoxy groups -OCH3 is 1. The van der Waals surface area contributed by atoms with Gasteiger partial charge in [-0.15, -0.1) is 10.2 Å². The van der Waals surface area contributed by atoms with Crippen molar-refractivity contribution in [1.29, 1.82) is 0 Å². The molecule has 2 aromatic carbocycles. The van der Waals surface area contributed by atoms with Gasteiger partial charge in [-0.1, -0.05) is 42.1 Å². The maximum atomic E-state index is 12.5. The van der Waals surface area contributed by atoms with Crippen molar-refractivity contribution in [3.63, 3.8) is 0 Å². The highest BCUT2D eigenvalue weighted by atomic mass is 32.2. The molecule has 1 aliphatic rings. The van der Waals surface area contributed by atoms with Crippen molar-refractivity contribution >= 4 is 23.4 Å². The molecular weight excluding hydrogens is 388 g/mol. The molecule has 148 valence electrons. The van der Waals surface area contributed by atoms with Crippen molar-refractivity contribution in [2.24, 2.45) is 5.10 Å². The molecule has 1 aromatic heterocycles. The van der Waals surface area contributed by atoms with Crippen LogP contribution in [0.25, 0.3) is 11.4 Å². The Hall–Kier alpha value is -3.33. The fourth-order valence-electron chi connectivity index (χ4n) is 2.98. The van der Waals surface area contributed by atoms with Gasteiger partial charge >= 0.3 is 0 Å². The number of carbonyl (C=O) groups excluding carboxylic acids is 1. The first-order valence-corrected chi connectivity index (χ1v) is 10.1. The van der Waals surface area contributed by atoms with Crippen molar-refractivity contribution < 1.29 is 9.53 Å². The second-order valence-corrected chi connectivity index (χ2v) is 7.32. The summed E-state index contributed by atoms with van der Waals surface area (Å²) in [6, 6.07) is 17.3. The fourth-order valence-corrected chi connectivity index (χ4v) is 3.71. The molecule has 2 N–H and O–H groups in total. The summed E-state index contributed by atoms with van der Waals surface area (Å²) in [7, 11) is 1.61. The van der Waals surface area contributed by atoms with Gasteiger partial charge in [0.15, 0.2) is 5.82 Å². The Kier molecular flexibility index (Phi) is 5.48. The van der Waals surface area contributed by atoms with E-state index in [1.54, 1.807) is 7.11 Å². The molecule has 0 bridgehead atoms. The Labute approximate surface area is 172 Å². The smallest absolute Gasteiger partial charge is 0.253 e. The minimum absolute atomic E-state index is 0.0880. The molecule has 8 nitrogen and oxygen atoms in total. The zero-order valence-corrected chi connectivity index (χ0v) is 16.7. The Bertz CT molecular complexity index is 1030. The van der Waals surface area contributed by atoms with E-state index in [0.717, 1.165) is 29.0 Å². The summed E-state index contributed by atoms with van der Waals surface area (Å²) in [4.78, 5) is 12.5. The molecule has 0 fully saturated rings. The molecule has 4 rings (SSSR count). The minimum atomic E-state index is -0.0880. The van der Waals surface area contributed by atoms with Gasteiger partial charge in [0.25, 0.3) is 5.91 Å². The number of hydrogen-bond donors (Lipinski definition) is 1. The summed E-state index contributed by atoms with van der Waals surface area (Å²) in [6.07, 6.45) is 0.745. The van der Waals surface area contributed by atoms with Gasteiger partial charge in [-0.25, -0.2) is 9.69 Å². The monoisotopic (exact) mass is 408 g/mol. The van der Waals surface area contributed by atoms with E-state index in [4.69, 9.17) is 10.6 Å². The number of nitrogens with two attached hydrogens (primary N) is 1. The number of nitrogens with zero attached hydrogens (tertiary/aromatic N) is 5. The van der Waals surface area contributed by atoms with Gasteiger partial charge in [0, 0.05) is 12.0 Å². The standard InChI is InChI=1S/C20H20N6O2S/c1-28-16-9-7-15(8-10-16)19-22-23-20(26(19)21)29-13-18(27)25-12-11-17(24-25)14-5-3-2-4-6-14/h2-10H,11-13,21H2,1H3. The van der Waals surface area contributed by atoms with Gasteiger partial charge in [0.05, 0.1) is 25.1 Å². The maximum Gasteiger partial charge on any atom is 0.253 e. The number of benzene rings is 2. The van der Waals surface area contributed by atoms with E-state index in [9.17, 15) is 4.79 Å². The van der Waals surface area contributed by atoms with Crippen LogP contribution in [0, 0.1) is 0 Å². The third kappa shape index (κ3) is 4.09. The first kappa shape index (κ1) is 19.0. The predicted octanol–water partition coefficient (Wildman–Crippen LogP) is 2.40. The molecule has 3 aromatic rings. The van der Waals surface area contributed by atoms with Crippen LogP contribution >= 0.6 is 11.8 Å². The summed E-state index contributed by atoms with van der Waals surface area (Å²) in [5, 5.41) is 14.7. The van der Waals surface area contributed by atoms with E-state index in [1.165, 1.54) is 21.4 Å². The summed E-state index contributed by atoms with van der Waals surface area (Å²) in [5.41, 5.74) is 2.78. The zero-order valence-electron chi connectivity index (χ0n) is 15.9. The first-order valence-electron chi connectivity index (χ1n) is 9.06. The molecule has 0 unspecified atom stereocenters. The number of ether oxygens (including phenoxy) is 1. The summed E-state index contributed by atoms with van der Waals surface area (Å²) < 4.78 is 6.55. The third-order valence-electron chi connectivity index (χ3n) is 4.53. The molecule has 29 heavy (non-hydrogen) atoms. The normalized spacial score (nSPS) is 13.4. The lowest BCUT2D eigenvalue weighted by Crippen LogP contribution is -2.25. The highest BCUT2D eigenvalue weighted by Crippen LogP contribution is 2.24. The highest BCUT2D eigenvalue weighted by molar-refractivity contribution is 7.99. The second-order valence-electron chi connectivity index (χ2n) is 6.37. The Balaban J connectivity index is 1.40. The molecule has 0 saturated heterocycles. The molecule has 2 heterocycles. The number of thioether (sulfide) groups is 1. The Morgan fingerprint density at radius 1 is 1.10 bits per heavy atom. The summed E-state index contributed by atoms with van der Waals surface area (Å²) >= 11 is 1.24. The van der Waals surface area contributed by atoms with Crippen LogP contribution in [0.2, 0.25) is 0 Å². The van der Waals surface area contributed by atoms with Crippen molar-refractivity contribution in [3.05, 3.63) is 60.2 Å². The minimum Gasteiger partial charge on any atom is -0.497 e. The topological polar surface area (TPSA) is 98.6 Å². The third-order valence-corrected chi connectivity index (χ3v) is 5.46. The van der Waals surface area contributed by atoms with Crippen LogP contribution < -0.4 is 10.6 Å². The van der Waals surface area contributed by atoms with Crippen LogP contribution in [0.4, 0.5) is 0 Å². The van der Waals surface area contributed by atoms with E-state index in [-0.39, 0.29) is 11.7 Å². The summed E-state index contributed by atoms with van der Waals surface area (Å²) in [6.45, 7) is 0.579.